The number of allylic oxidation sites excluding steroid dienone is 1. The Balaban J connectivity index is 2.08. The first-order chi connectivity index (χ1) is 12.6. The highest BCUT2D eigenvalue weighted by molar-refractivity contribution is 5.93. The van der Waals surface area contributed by atoms with Crippen molar-refractivity contribution in [3.05, 3.63) is 59.2 Å². The summed E-state index contributed by atoms with van der Waals surface area (Å²) in [5, 5.41) is 3.00. The molecule has 0 heterocycles. The first kappa shape index (κ1) is 19.6. The number of carbonyl (C=O) groups is 1. The molecule has 1 N–H and O–H groups in total. The lowest BCUT2D eigenvalue weighted by Crippen LogP contribution is -2.22. The molecule has 0 fully saturated rings. The normalized spacial score (nSPS) is 10.8. The second-order valence-corrected chi connectivity index (χ2v) is 5.91. The van der Waals surface area contributed by atoms with Gasteiger partial charge in [0.05, 0.1) is 7.11 Å². The van der Waals surface area contributed by atoms with E-state index < -0.39 is 0 Å². The van der Waals surface area contributed by atoms with Crippen molar-refractivity contribution in [3.63, 3.8) is 0 Å². The number of hydrogen-bond acceptors (Lipinski definition) is 3. The van der Waals surface area contributed by atoms with Crippen molar-refractivity contribution >= 4 is 17.7 Å². The minimum absolute atomic E-state index is 0.0689. The molecule has 2 aromatic rings. The molecule has 0 saturated carbocycles. The number of ether oxygens (including phenoxy) is 2. The topological polar surface area (TPSA) is 47.6 Å². The van der Waals surface area contributed by atoms with Gasteiger partial charge in [0.15, 0.2) is 18.1 Å². The molecule has 0 aliphatic heterocycles. The molecule has 0 radical (unpaired) electrons. The molecule has 4 nitrogen and oxygen atoms in total. The molecule has 0 saturated heterocycles. The van der Waals surface area contributed by atoms with Crippen LogP contribution in [0.5, 0.6) is 11.5 Å². The molecule has 0 aromatic heterocycles. The Bertz CT molecular complexity index is 759. The molecule has 0 unspecified atom stereocenters. The molecule has 0 aliphatic carbocycles. The van der Waals surface area contributed by atoms with Crippen LogP contribution in [-0.2, 0) is 17.6 Å². The van der Waals surface area contributed by atoms with Gasteiger partial charge >= 0.3 is 0 Å². The minimum atomic E-state index is -0.180. The molecule has 138 valence electrons. The van der Waals surface area contributed by atoms with E-state index in [9.17, 15) is 4.79 Å². The number of benzene rings is 2. The SMILES string of the molecule is C/C=C/c1ccc(OCC(=O)Nc2c(CC)cccc2CC)c(OC)c1. The summed E-state index contributed by atoms with van der Waals surface area (Å²) < 4.78 is 11.0. The van der Waals surface area contributed by atoms with Gasteiger partial charge in [-0.05, 0) is 48.6 Å². The van der Waals surface area contributed by atoms with Gasteiger partial charge in [-0.3, -0.25) is 4.79 Å². The Kier molecular flexibility index (Phi) is 7.27. The van der Waals surface area contributed by atoms with Gasteiger partial charge in [-0.2, -0.15) is 0 Å². The van der Waals surface area contributed by atoms with Gasteiger partial charge in [-0.15, -0.1) is 0 Å². The third kappa shape index (κ3) is 4.88. The monoisotopic (exact) mass is 353 g/mol. The number of para-hydroxylation sites is 1. The minimum Gasteiger partial charge on any atom is -0.493 e. The highest BCUT2D eigenvalue weighted by Gasteiger charge is 2.12. The molecule has 2 aromatic carbocycles. The summed E-state index contributed by atoms with van der Waals surface area (Å²) >= 11 is 0. The third-order valence-electron chi connectivity index (χ3n) is 4.17. The van der Waals surface area contributed by atoms with E-state index in [1.54, 1.807) is 7.11 Å². The second-order valence-electron chi connectivity index (χ2n) is 5.91. The van der Waals surface area contributed by atoms with Crippen molar-refractivity contribution in [2.75, 3.05) is 19.0 Å². The molecular formula is C22H27NO3. The maximum atomic E-state index is 12.4. The standard InChI is InChI=1S/C22H27NO3/c1-5-9-16-12-13-19(20(14-16)25-4)26-15-21(24)23-22-17(6-2)10-8-11-18(22)7-3/h5,8-14H,6-7,15H2,1-4H3,(H,23,24)/b9-5+. The molecule has 0 aliphatic rings. The van der Waals surface area contributed by atoms with Gasteiger partial charge in [-0.25, -0.2) is 0 Å². The predicted molar refractivity (Wildman–Crippen MR) is 107 cm³/mol. The molecule has 2 rings (SSSR count). The van der Waals surface area contributed by atoms with Crippen molar-refractivity contribution < 1.29 is 14.3 Å². The van der Waals surface area contributed by atoms with Crippen LogP contribution in [0.25, 0.3) is 6.08 Å². The van der Waals surface area contributed by atoms with Crippen LogP contribution in [0.15, 0.2) is 42.5 Å². The van der Waals surface area contributed by atoms with E-state index in [1.807, 2.05) is 55.5 Å². The van der Waals surface area contributed by atoms with Gasteiger partial charge in [0.2, 0.25) is 0 Å². The van der Waals surface area contributed by atoms with E-state index in [0.717, 1.165) is 35.2 Å². The van der Waals surface area contributed by atoms with Crippen LogP contribution in [0.2, 0.25) is 0 Å². The van der Waals surface area contributed by atoms with Crippen LogP contribution in [-0.4, -0.2) is 19.6 Å². The van der Waals surface area contributed by atoms with Crippen LogP contribution in [0.1, 0.15) is 37.5 Å². The fourth-order valence-corrected chi connectivity index (χ4v) is 2.82. The predicted octanol–water partition coefficient (Wildman–Crippen LogP) is 4.87. The van der Waals surface area contributed by atoms with E-state index in [0.29, 0.717) is 11.5 Å². The van der Waals surface area contributed by atoms with Gasteiger partial charge in [0, 0.05) is 5.69 Å². The number of methoxy groups -OCH3 is 1. The highest BCUT2D eigenvalue weighted by Crippen LogP contribution is 2.29. The Hall–Kier alpha value is -2.75. The Morgan fingerprint density at radius 1 is 1.08 bits per heavy atom. The fraction of sp³-hybridized carbons (Fsp3) is 0.318. The maximum absolute atomic E-state index is 12.4. The van der Waals surface area contributed by atoms with Crippen molar-refractivity contribution in [1.29, 1.82) is 0 Å². The molecule has 0 atom stereocenters. The number of carbonyl (C=O) groups excluding carboxylic acids is 1. The van der Waals surface area contributed by atoms with E-state index in [2.05, 4.69) is 19.2 Å². The highest BCUT2D eigenvalue weighted by atomic mass is 16.5. The quantitative estimate of drug-likeness (QED) is 0.736. The van der Waals surface area contributed by atoms with Crippen LogP contribution < -0.4 is 14.8 Å². The maximum Gasteiger partial charge on any atom is 0.262 e. The number of amides is 1. The van der Waals surface area contributed by atoms with Crippen molar-refractivity contribution in [2.24, 2.45) is 0 Å². The fourth-order valence-electron chi connectivity index (χ4n) is 2.82. The van der Waals surface area contributed by atoms with Crippen LogP contribution in [0.3, 0.4) is 0 Å². The number of rotatable bonds is 8. The van der Waals surface area contributed by atoms with Crippen LogP contribution in [0.4, 0.5) is 5.69 Å². The lowest BCUT2D eigenvalue weighted by atomic mass is 10.0. The van der Waals surface area contributed by atoms with E-state index in [4.69, 9.17) is 9.47 Å². The van der Waals surface area contributed by atoms with Gasteiger partial charge < -0.3 is 14.8 Å². The number of hydrogen-bond donors (Lipinski definition) is 1. The number of nitrogens with one attached hydrogen (secondary N) is 1. The number of anilines is 1. The average molecular weight is 353 g/mol. The molecule has 26 heavy (non-hydrogen) atoms. The molecule has 1 amide bonds. The van der Waals surface area contributed by atoms with E-state index >= 15 is 0 Å². The lowest BCUT2D eigenvalue weighted by molar-refractivity contribution is -0.118. The van der Waals surface area contributed by atoms with E-state index in [1.165, 1.54) is 0 Å². The second kappa shape index (κ2) is 9.66. The summed E-state index contributed by atoms with van der Waals surface area (Å²) in [6.07, 6.45) is 5.67. The van der Waals surface area contributed by atoms with Crippen molar-refractivity contribution in [3.8, 4) is 11.5 Å². The van der Waals surface area contributed by atoms with Crippen molar-refractivity contribution in [1.82, 2.24) is 0 Å². The van der Waals surface area contributed by atoms with Crippen LogP contribution in [0, 0.1) is 0 Å². The zero-order valence-electron chi connectivity index (χ0n) is 16.0. The Morgan fingerprint density at radius 2 is 1.77 bits per heavy atom. The van der Waals surface area contributed by atoms with Gasteiger partial charge in [-0.1, -0.05) is 50.3 Å². The zero-order chi connectivity index (χ0) is 18.9. The largest absolute Gasteiger partial charge is 0.493 e. The number of aryl methyl sites for hydroxylation is 2. The summed E-state index contributed by atoms with van der Waals surface area (Å²) in [7, 11) is 1.59. The molecule has 0 bridgehead atoms. The summed E-state index contributed by atoms with van der Waals surface area (Å²) in [5.74, 6) is 0.979. The summed E-state index contributed by atoms with van der Waals surface area (Å²) in [5.41, 5.74) is 4.18. The third-order valence-corrected chi connectivity index (χ3v) is 4.17. The lowest BCUT2D eigenvalue weighted by Gasteiger charge is -2.15. The summed E-state index contributed by atoms with van der Waals surface area (Å²) in [6, 6.07) is 11.7. The molecule has 0 spiro atoms. The van der Waals surface area contributed by atoms with Gasteiger partial charge in [0.1, 0.15) is 0 Å². The zero-order valence-corrected chi connectivity index (χ0v) is 16.0. The first-order valence-corrected chi connectivity index (χ1v) is 8.97. The Labute approximate surface area is 155 Å². The van der Waals surface area contributed by atoms with Gasteiger partial charge in [0.25, 0.3) is 5.91 Å². The van der Waals surface area contributed by atoms with E-state index in [-0.39, 0.29) is 12.5 Å². The smallest absolute Gasteiger partial charge is 0.262 e. The van der Waals surface area contributed by atoms with Crippen LogP contribution >= 0.6 is 0 Å². The molecular weight excluding hydrogens is 326 g/mol. The summed E-state index contributed by atoms with van der Waals surface area (Å²) in [6.45, 7) is 6.05. The summed E-state index contributed by atoms with van der Waals surface area (Å²) in [4.78, 5) is 12.4. The molecule has 4 heteroatoms. The Morgan fingerprint density at radius 3 is 2.35 bits per heavy atom. The van der Waals surface area contributed by atoms with Crippen molar-refractivity contribution in [2.45, 2.75) is 33.6 Å². The first-order valence-electron chi connectivity index (χ1n) is 8.97. The average Bonchev–Trinajstić information content (AvgIpc) is 2.67.